The van der Waals surface area contributed by atoms with Crippen molar-refractivity contribution in [3.63, 3.8) is 0 Å². The van der Waals surface area contributed by atoms with E-state index in [1.165, 1.54) is 0 Å². The normalized spacial score (nSPS) is 26.5. The smallest absolute Gasteiger partial charge is 0.0766 e. The first-order chi connectivity index (χ1) is 8.75. The summed E-state index contributed by atoms with van der Waals surface area (Å²) < 4.78 is 5.97. The summed E-state index contributed by atoms with van der Waals surface area (Å²) >= 11 is 0. The van der Waals surface area contributed by atoms with Crippen LogP contribution >= 0.6 is 0 Å². The number of aliphatic hydroxyl groups is 1. The predicted octanol–water partition coefficient (Wildman–Crippen LogP) is 2.97. The Morgan fingerprint density at radius 2 is 1.89 bits per heavy atom. The Bertz CT molecular complexity index is 272. The van der Waals surface area contributed by atoms with E-state index in [-0.39, 0.29) is 5.41 Å². The number of rotatable bonds is 8. The molecule has 0 aromatic heterocycles. The van der Waals surface area contributed by atoms with E-state index in [9.17, 15) is 5.11 Å². The van der Waals surface area contributed by atoms with Gasteiger partial charge in [-0.15, -0.1) is 0 Å². The minimum Gasteiger partial charge on any atom is -0.389 e. The van der Waals surface area contributed by atoms with Gasteiger partial charge in [-0.2, -0.15) is 0 Å². The van der Waals surface area contributed by atoms with Crippen molar-refractivity contribution in [3.8, 4) is 0 Å². The Labute approximate surface area is 119 Å². The van der Waals surface area contributed by atoms with Crippen LogP contribution in [0.2, 0.25) is 0 Å². The molecule has 0 aromatic rings. The van der Waals surface area contributed by atoms with Crippen LogP contribution in [0, 0.1) is 11.3 Å². The largest absolute Gasteiger partial charge is 0.389 e. The summed E-state index contributed by atoms with van der Waals surface area (Å²) in [7, 11) is 0. The summed E-state index contributed by atoms with van der Waals surface area (Å²) in [5.41, 5.74) is -0.392. The molecular weight excluding hydrogens is 238 g/mol. The maximum absolute atomic E-state index is 10.3. The van der Waals surface area contributed by atoms with Gasteiger partial charge in [-0.25, -0.2) is 0 Å². The van der Waals surface area contributed by atoms with Gasteiger partial charge in [-0.1, -0.05) is 41.5 Å². The maximum Gasteiger partial charge on any atom is 0.0766 e. The lowest BCUT2D eigenvalue weighted by Gasteiger charge is -2.52. The van der Waals surface area contributed by atoms with Crippen LogP contribution in [0.3, 0.4) is 0 Å². The van der Waals surface area contributed by atoms with E-state index in [1.807, 2.05) is 13.8 Å². The second-order valence-corrected chi connectivity index (χ2v) is 7.14. The number of hydrogen-bond acceptors (Lipinski definition) is 3. The van der Waals surface area contributed by atoms with Gasteiger partial charge in [0.25, 0.3) is 0 Å². The third-order valence-electron chi connectivity index (χ3n) is 4.80. The minimum atomic E-state index is -0.556. The van der Waals surface area contributed by atoms with Crippen LogP contribution in [0.5, 0.6) is 0 Å². The van der Waals surface area contributed by atoms with Gasteiger partial charge >= 0.3 is 0 Å². The molecule has 1 rings (SSSR count). The zero-order valence-electron chi connectivity index (χ0n) is 13.6. The lowest BCUT2D eigenvalue weighted by molar-refractivity contribution is -0.127. The molecule has 1 aliphatic carbocycles. The second kappa shape index (κ2) is 6.55. The molecule has 19 heavy (non-hydrogen) atoms. The van der Waals surface area contributed by atoms with Crippen molar-refractivity contribution in [2.45, 2.75) is 78.6 Å². The molecule has 2 unspecified atom stereocenters. The van der Waals surface area contributed by atoms with Crippen molar-refractivity contribution in [2.75, 3.05) is 13.2 Å². The molecule has 0 aromatic carbocycles. The predicted molar refractivity (Wildman–Crippen MR) is 80.3 cm³/mol. The molecule has 2 N–H and O–H groups in total. The Morgan fingerprint density at radius 3 is 2.32 bits per heavy atom. The van der Waals surface area contributed by atoms with Gasteiger partial charge in [0.2, 0.25) is 0 Å². The van der Waals surface area contributed by atoms with E-state index in [0.29, 0.717) is 24.6 Å². The molecule has 2 atom stereocenters. The Balaban J connectivity index is 2.38. The van der Waals surface area contributed by atoms with E-state index in [4.69, 9.17) is 4.74 Å². The van der Waals surface area contributed by atoms with Crippen molar-refractivity contribution in [1.82, 2.24) is 5.32 Å². The van der Waals surface area contributed by atoms with Crippen molar-refractivity contribution >= 4 is 0 Å². The average Bonchev–Trinajstić information content (AvgIpc) is 2.36. The molecule has 0 saturated heterocycles. The molecule has 3 nitrogen and oxygen atoms in total. The first kappa shape index (κ1) is 16.9. The van der Waals surface area contributed by atoms with Gasteiger partial charge in [0.15, 0.2) is 0 Å². The molecule has 0 heterocycles. The Hall–Kier alpha value is -0.120. The molecule has 1 fully saturated rings. The fourth-order valence-corrected chi connectivity index (χ4v) is 2.64. The molecule has 0 amide bonds. The van der Waals surface area contributed by atoms with Gasteiger partial charge in [0.1, 0.15) is 0 Å². The summed E-state index contributed by atoms with van der Waals surface area (Å²) in [6, 6.07) is 0.453. The van der Waals surface area contributed by atoms with E-state index in [2.05, 4.69) is 33.0 Å². The molecular formula is C16H33NO2. The van der Waals surface area contributed by atoms with Crippen LogP contribution in [0.25, 0.3) is 0 Å². The van der Waals surface area contributed by atoms with Crippen LogP contribution in [-0.4, -0.2) is 36.0 Å². The summed E-state index contributed by atoms with van der Waals surface area (Å²) in [5.74, 6) is 0.591. The molecule has 0 aliphatic heterocycles. The van der Waals surface area contributed by atoms with Gasteiger partial charge < -0.3 is 15.2 Å². The Morgan fingerprint density at radius 1 is 1.32 bits per heavy atom. The van der Waals surface area contributed by atoms with Gasteiger partial charge in [0, 0.05) is 24.6 Å². The minimum absolute atomic E-state index is 0.164. The molecule has 1 saturated carbocycles. The average molecular weight is 271 g/mol. The fourth-order valence-electron chi connectivity index (χ4n) is 2.64. The quantitative estimate of drug-likeness (QED) is 0.713. The summed E-state index contributed by atoms with van der Waals surface area (Å²) in [6.45, 7) is 14.5. The van der Waals surface area contributed by atoms with Crippen molar-refractivity contribution in [1.29, 1.82) is 0 Å². The first-order valence-electron chi connectivity index (χ1n) is 7.82. The van der Waals surface area contributed by atoms with Crippen LogP contribution in [-0.2, 0) is 4.74 Å². The third-order valence-corrected chi connectivity index (χ3v) is 4.80. The van der Waals surface area contributed by atoms with Crippen molar-refractivity contribution in [2.24, 2.45) is 11.3 Å². The van der Waals surface area contributed by atoms with E-state index < -0.39 is 5.60 Å². The maximum atomic E-state index is 10.3. The number of ether oxygens (including phenoxy) is 1. The monoisotopic (exact) mass is 271 g/mol. The van der Waals surface area contributed by atoms with Crippen LogP contribution in [0.1, 0.15) is 60.8 Å². The molecule has 0 radical (unpaired) electrons. The second-order valence-electron chi connectivity index (χ2n) is 7.14. The molecule has 0 spiro atoms. The standard InChI is InChI=1S/C16H33NO2/c1-7-16(18,8-2)11-17-13-9-14(15(13,5)6)19-10-12(3)4/h12-14,17-18H,7-11H2,1-6H3. The van der Waals surface area contributed by atoms with Gasteiger partial charge in [0.05, 0.1) is 11.7 Å². The molecule has 1 aliphatic rings. The van der Waals surface area contributed by atoms with Crippen LogP contribution in [0.15, 0.2) is 0 Å². The zero-order chi connectivity index (χ0) is 14.7. The summed E-state index contributed by atoms with van der Waals surface area (Å²) in [6.07, 6.45) is 3.01. The van der Waals surface area contributed by atoms with E-state index in [0.717, 1.165) is 25.9 Å². The van der Waals surface area contributed by atoms with Crippen molar-refractivity contribution < 1.29 is 9.84 Å². The highest BCUT2D eigenvalue weighted by Crippen LogP contribution is 2.43. The Kier molecular flexibility index (Phi) is 5.84. The highest BCUT2D eigenvalue weighted by atomic mass is 16.5. The number of nitrogens with one attached hydrogen (secondary N) is 1. The van der Waals surface area contributed by atoms with E-state index in [1.54, 1.807) is 0 Å². The highest BCUT2D eigenvalue weighted by Gasteiger charge is 2.49. The zero-order valence-corrected chi connectivity index (χ0v) is 13.6. The topological polar surface area (TPSA) is 41.5 Å². The molecule has 114 valence electrons. The first-order valence-corrected chi connectivity index (χ1v) is 7.82. The molecule has 3 heteroatoms. The molecule has 0 bridgehead atoms. The van der Waals surface area contributed by atoms with Crippen LogP contribution < -0.4 is 5.32 Å². The van der Waals surface area contributed by atoms with Crippen LogP contribution in [0.4, 0.5) is 0 Å². The SMILES string of the molecule is CCC(O)(CC)CNC1CC(OCC(C)C)C1(C)C. The fraction of sp³-hybridized carbons (Fsp3) is 1.00. The summed E-state index contributed by atoms with van der Waals surface area (Å²) in [4.78, 5) is 0. The lowest BCUT2D eigenvalue weighted by atomic mass is 9.64. The van der Waals surface area contributed by atoms with Crippen molar-refractivity contribution in [3.05, 3.63) is 0 Å². The van der Waals surface area contributed by atoms with E-state index >= 15 is 0 Å². The highest BCUT2D eigenvalue weighted by molar-refractivity contribution is 5.03. The third kappa shape index (κ3) is 4.17. The number of hydrogen-bond donors (Lipinski definition) is 2. The van der Waals surface area contributed by atoms with Gasteiger partial charge in [-0.05, 0) is 25.2 Å². The summed E-state index contributed by atoms with van der Waals surface area (Å²) in [5, 5.41) is 13.9. The van der Waals surface area contributed by atoms with Gasteiger partial charge in [-0.3, -0.25) is 0 Å². The lowest BCUT2D eigenvalue weighted by Crippen LogP contribution is -2.62.